The van der Waals surface area contributed by atoms with E-state index in [4.69, 9.17) is 4.74 Å². The highest BCUT2D eigenvalue weighted by molar-refractivity contribution is 6.10. The van der Waals surface area contributed by atoms with Crippen molar-refractivity contribution < 1.29 is 14.6 Å². The van der Waals surface area contributed by atoms with E-state index < -0.39 is 6.10 Å². The van der Waals surface area contributed by atoms with E-state index in [0.29, 0.717) is 5.75 Å². The number of ketones is 1. The van der Waals surface area contributed by atoms with Gasteiger partial charge in [0.1, 0.15) is 17.1 Å². The lowest BCUT2D eigenvalue weighted by Crippen LogP contribution is -2.10. The van der Waals surface area contributed by atoms with Crippen molar-refractivity contribution >= 4 is 27.6 Å². The fourth-order valence-electron chi connectivity index (χ4n) is 4.57. The van der Waals surface area contributed by atoms with Crippen LogP contribution in [0, 0.1) is 0 Å². The van der Waals surface area contributed by atoms with Crippen LogP contribution in [0.3, 0.4) is 0 Å². The molecule has 0 saturated carbocycles. The van der Waals surface area contributed by atoms with Gasteiger partial charge in [-0.05, 0) is 36.8 Å². The van der Waals surface area contributed by atoms with E-state index in [2.05, 4.69) is 47.9 Å². The van der Waals surface area contributed by atoms with E-state index >= 15 is 0 Å². The molecule has 0 spiro atoms. The third-order valence-electron chi connectivity index (χ3n) is 6.07. The Labute approximate surface area is 175 Å². The summed E-state index contributed by atoms with van der Waals surface area (Å²) in [6.45, 7) is 3.22. The fraction of sp³-hybridized carbons (Fsp3) is 0.269. The van der Waals surface area contributed by atoms with Crippen LogP contribution < -0.4 is 4.74 Å². The second kappa shape index (κ2) is 7.52. The first-order chi connectivity index (χ1) is 14.7. The second-order valence-electron chi connectivity index (χ2n) is 8.02. The van der Waals surface area contributed by atoms with Crippen LogP contribution in [0.15, 0.2) is 60.7 Å². The summed E-state index contributed by atoms with van der Waals surface area (Å²) in [5.41, 5.74) is 3.50. The Morgan fingerprint density at radius 3 is 2.60 bits per heavy atom. The molecule has 0 amide bonds. The number of unbranched alkanes of at least 4 members (excludes halogenated alkanes) is 3. The molecular formula is C26H25NO3. The first kappa shape index (κ1) is 18.7. The Hall–Kier alpha value is -3.27. The summed E-state index contributed by atoms with van der Waals surface area (Å²) < 4.78 is 8.32. The number of aromatic hydroxyl groups is 1. The third-order valence-corrected chi connectivity index (χ3v) is 6.07. The van der Waals surface area contributed by atoms with Crippen molar-refractivity contribution in [3.8, 4) is 11.5 Å². The monoisotopic (exact) mass is 399 g/mol. The van der Waals surface area contributed by atoms with E-state index in [0.717, 1.165) is 23.9 Å². The van der Waals surface area contributed by atoms with Gasteiger partial charge in [-0.25, -0.2) is 0 Å². The van der Waals surface area contributed by atoms with Crippen LogP contribution in [-0.2, 0) is 6.54 Å². The van der Waals surface area contributed by atoms with Crippen LogP contribution in [0.5, 0.6) is 11.5 Å². The minimum absolute atomic E-state index is 0.0234. The van der Waals surface area contributed by atoms with Crippen LogP contribution in [0.25, 0.3) is 21.8 Å². The maximum atomic E-state index is 12.9. The molecule has 5 rings (SSSR count). The van der Waals surface area contributed by atoms with E-state index in [-0.39, 0.29) is 17.1 Å². The van der Waals surface area contributed by atoms with Crippen molar-refractivity contribution in [1.29, 1.82) is 0 Å². The number of phenolic OH excluding ortho intramolecular Hbond substituents is 1. The molecule has 0 bridgehead atoms. The zero-order chi connectivity index (χ0) is 20.7. The number of hydrogen-bond acceptors (Lipinski definition) is 3. The first-order valence-electron chi connectivity index (χ1n) is 10.7. The number of Topliss-reactive ketones (excluding diaryl/α,β-unsaturated/α-hetero) is 1. The molecular weight excluding hydrogens is 374 g/mol. The van der Waals surface area contributed by atoms with Gasteiger partial charge in [0.15, 0.2) is 6.10 Å². The third kappa shape index (κ3) is 2.95. The van der Waals surface area contributed by atoms with Crippen molar-refractivity contribution in [2.75, 3.05) is 0 Å². The Kier molecular flexibility index (Phi) is 4.70. The maximum Gasteiger partial charge on any atom is 0.215 e. The molecule has 4 aromatic rings. The van der Waals surface area contributed by atoms with E-state index in [1.165, 1.54) is 41.7 Å². The number of para-hydroxylation sites is 1. The molecule has 1 N–H and O–H groups in total. The zero-order valence-corrected chi connectivity index (χ0v) is 17.1. The molecule has 4 nitrogen and oxygen atoms in total. The summed E-state index contributed by atoms with van der Waals surface area (Å²) in [7, 11) is 0. The number of aromatic nitrogens is 1. The van der Waals surface area contributed by atoms with Crippen LogP contribution in [-0.4, -0.2) is 15.5 Å². The summed E-state index contributed by atoms with van der Waals surface area (Å²) in [6, 6.07) is 19.5. The lowest BCUT2D eigenvalue weighted by atomic mass is 10.00. The predicted octanol–water partition coefficient (Wildman–Crippen LogP) is 6.40. The van der Waals surface area contributed by atoms with Gasteiger partial charge in [0.2, 0.25) is 5.78 Å². The minimum Gasteiger partial charge on any atom is -0.507 e. The lowest BCUT2D eigenvalue weighted by molar-refractivity contribution is 0.0857. The highest BCUT2D eigenvalue weighted by Crippen LogP contribution is 2.42. The van der Waals surface area contributed by atoms with Crippen molar-refractivity contribution in [1.82, 2.24) is 4.57 Å². The molecule has 1 aromatic heterocycles. The van der Waals surface area contributed by atoms with Gasteiger partial charge in [-0.1, -0.05) is 56.5 Å². The molecule has 1 aliphatic rings. The van der Waals surface area contributed by atoms with E-state index in [9.17, 15) is 9.90 Å². The van der Waals surface area contributed by atoms with Crippen molar-refractivity contribution in [2.24, 2.45) is 0 Å². The summed E-state index contributed by atoms with van der Waals surface area (Å²) in [6.07, 6.45) is 4.15. The van der Waals surface area contributed by atoms with Gasteiger partial charge in [-0.2, -0.15) is 0 Å². The zero-order valence-electron chi connectivity index (χ0n) is 17.1. The van der Waals surface area contributed by atoms with Gasteiger partial charge in [-0.15, -0.1) is 0 Å². The van der Waals surface area contributed by atoms with Crippen molar-refractivity contribution in [3.63, 3.8) is 0 Å². The summed E-state index contributed by atoms with van der Waals surface area (Å²) in [5, 5.41) is 12.4. The SMILES string of the molecule is CCCCCCn1c2ccccc2c2cc(C3Oc4cccc(O)c4C3=O)ccc21. The second-order valence-corrected chi connectivity index (χ2v) is 8.02. The van der Waals surface area contributed by atoms with Gasteiger partial charge < -0.3 is 14.4 Å². The number of carbonyl (C=O) groups excluding carboxylic acids is 1. The highest BCUT2D eigenvalue weighted by Gasteiger charge is 2.36. The number of rotatable bonds is 6. The van der Waals surface area contributed by atoms with Gasteiger partial charge in [0.05, 0.1) is 0 Å². The average molecular weight is 399 g/mol. The Balaban J connectivity index is 1.56. The van der Waals surface area contributed by atoms with Crippen molar-refractivity contribution in [3.05, 3.63) is 71.8 Å². The summed E-state index contributed by atoms with van der Waals surface area (Å²) in [5.74, 6) is 0.235. The number of ether oxygens (including phenoxy) is 1. The smallest absolute Gasteiger partial charge is 0.215 e. The number of aryl methyl sites for hydroxylation is 1. The maximum absolute atomic E-state index is 12.9. The Morgan fingerprint density at radius 2 is 1.77 bits per heavy atom. The number of phenols is 1. The van der Waals surface area contributed by atoms with Crippen molar-refractivity contribution in [2.45, 2.75) is 45.3 Å². The van der Waals surface area contributed by atoms with Crippen LogP contribution in [0.1, 0.15) is 54.6 Å². The quantitative estimate of drug-likeness (QED) is 0.382. The molecule has 30 heavy (non-hydrogen) atoms. The minimum atomic E-state index is -0.718. The normalized spacial score (nSPS) is 15.6. The molecule has 1 atom stereocenters. The molecule has 1 aliphatic heterocycles. The number of fused-ring (bicyclic) bond motifs is 4. The molecule has 1 unspecified atom stereocenters. The molecule has 3 aromatic carbocycles. The van der Waals surface area contributed by atoms with E-state index in [1.807, 2.05) is 6.07 Å². The van der Waals surface area contributed by atoms with Crippen LogP contribution >= 0.6 is 0 Å². The van der Waals surface area contributed by atoms with Crippen LogP contribution in [0.4, 0.5) is 0 Å². The van der Waals surface area contributed by atoms with Crippen LogP contribution in [0.2, 0.25) is 0 Å². The fourth-order valence-corrected chi connectivity index (χ4v) is 4.57. The first-order valence-corrected chi connectivity index (χ1v) is 10.7. The average Bonchev–Trinajstić information content (AvgIpc) is 3.27. The van der Waals surface area contributed by atoms with Gasteiger partial charge in [0, 0.05) is 33.9 Å². The molecule has 0 saturated heterocycles. The highest BCUT2D eigenvalue weighted by atomic mass is 16.5. The molecule has 0 radical (unpaired) electrons. The Bertz CT molecular complexity index is 1250. The number of nitrogens with zero attached hydrogens (tertiary/aromatic N) is 1. The topological polar surface area (TPSA) is 51.5 Å². The lowest BCUT2D eigenvalue weighted by Gasteiger charge is -2.11. The summed E-state index contributed by atoms with van der Waals surface area (Å²) >= 11 is 0. The summed E-state index contributed by atoms with van der Waals surface area (Å²) in [4.78, 5) is 12.9. The Morgan fingerprint density at radius 1 is 0.933 bits per heavy atom. The molecule has 0 aliphatic carbocycles. The molecule has 152 valence electrons. The van der Waals surface area contributed by atoms with Gasteiger partial charge >= 0.3 is 0 Å². The number of benzene rings is 3. The van der Waals surface area contributed by atoms with Gasteiger partial charge in [-0.3, -0.25) is 4.79 Å². The van der Waals surface area contributed by atoms with Gasteiger partial charge in [0.25, 0.3) is 0 Å². The molecule has 2 heterocycles. The van der Waals surface area contributed by atoms with E-state index in [1.54, 1.807) is 12.1 Å². The number of carbonyl (C=O) groups is 1. The predicted molar refractivity (Wildman–Crippen MR) is 119 cm³/mol. The standard InChI is InChI=1S/C26H25NO3/c1-2-3-4-7-15-27-20-10-6-5-9-18(20)19-16-17(13-14-21(19)27)26-25(29)24-22(28)11-8-12-23(24)30-26/h5-6,8-14,16,26,28H,2-4,7,15H2,1H3. The largest absolute Gasteiger partial charge is 0.507 e. The molecule has 0 fully saturated rings. The number of hydrogen-bond donors (Lipinski definition) is 1. The molecule has 4 heteroatoms.